The van der Waals surface area contributed by atoms with E-state index in [0.29, 0.717) is 24.7 Å². The number of nitrogens with zero attached hydrogens (tertiary/aromatic N) is 1. The monoisotopic (exact) mass is 242 g/mol. The van der Waals surface area contributed by atoms with Crippen LogP contribution in [0.25, 0.3) is 0 Å². The van der Waals surface area contributed by atoms with Crippen LogP contribution in [0.3, 0.4) is 0 Å². The first-order chi connectivity index (χ1) is 8.12. The number of hydrogen-bond acceptors (Lipinski definition) is 4. The van der Waals surface area contributed by atoms with Gasteiger partial charge in [-0.05, 0) is 32.6 Å². The molecule has 2 rings (SSSR count). The summed E-state index contributed by atoms with van der Waals surface area (Å²) < 4.78 is 11.3. The molecule has 0 radical (unpaired) electrons. The molecule has 3 atom stereocenters. The lowest BCUT2D eigenvalue weighted by Gasteiger charge is -2.48. The van der Waals surface area contributed by atoms with E-state index in [-0.39, 0.29) is 5.54 Å². The Labute approximate surface area is 104 Å². The fourth-order valence-electron chi connectivity index (χ4n) is 3.23. The van der Waals surface area contributed by atoms with Crippen LogP contribution in [0.4, 0.5) is 0 Å². The molecule has 2 fully saturated rings. The molecule has 2 N–H and O–H groups in total. The number of nitrogens with two attached hydrogens (primary N) is 1. The van der Waals surface area contributed by atoms with Gasteiger partial charge in [-0.3, -0.25) is 4.90 Å². The summed E-state index contributed by atoms with van der Waals surface area (Å²) in [6.45, 7) is 7.66. The molecule has 3 unspecified atom stereocenters. The highest BCUT2D eigenvalue weighted by Crippen LogP contribution is 2.43. The van der Waals surface area contributed by atoms with Gasteiger partial charge in [-0.15, -0.1) is 0 Å². The molecule has 2 aliphatic rings. The van der Waals surface area contributed by atoms with Crippen molar-refractivity contribution in [3.63, 3.8) is 0 Å². The van der Waals surface area contributed by atoms with Crippen molar-refractivity contribution < 1.29 is 9.47 Å². The van der Waals surface area contributed by atoms with Crippen LogP contribution in [0.5, 0.6) is 0 Å². The van der Waals surface area contributed by atoms with E-state index < -0.39 is 0 Å². The summed E-state index contributed by atoms with van der Waals surface area (Å²) in [6, 6.07) is 0. The van der Waals surface area contributed by atoms with Crippen LogP contribution < -0.4 is 5.73 Å². The zero-order chi connectivity index (χ0) is 12.5. The second kappa shape index (κ2) is 5.22. The van der Waals surface area contributed by atoms with Gasteiger partial charge in [0.2, 0.25) is 0 Å². The van der Waals surface area contributed by atoms with Gasteiger partial charge in [0.1, 0.15) is 0 Å². The summed E-state index contributed by atoms with van der Waals surface area (Å²) in [4.78, 5) is 2.52. The highest BCUT2D eigenvalue weighted by Gasteiger charge is 2.49. The Morgan fingerprint density at radius 2 is 1.88 bits per heavy atom. The Bertz CT molecular complexity index is 248. The van der Waals surface area contributed by atoms with Gasteiger partial charge in [0.05, 0.1) is 24.4 Å². The van der Waals surface area contributed by atoms with Crippen LogP contribution in [-0.4, -0.2) is 56.0 Å². The molecule has 1 aliphatic carbocycles. The molecule has 0 bridgehead atoms. The van der Waals surface area contributed by atoms with Crippen LogP contribution in [0.1, 0.15) is 26.7 Å². The Balaban J connectivity index is 2.13. The van der Waals surface area contributed by atoms with Crippen molar-refractivity contribution in [1.29, 1.82) is 0 Å². The van der Waals surface area contributed by atoms with Crippen molar-refractivity contribution in [2.75, 3.05) is 33.4 Å². The molecule has 4 nitrogen and oxygen atoms in total. The Morgan fingerprint density at radius 1 is 1.29 bits per heavy atom. The van der Waals surface area contributed by atoms with Crippen molar-refractivity contribution in [3.8, 4) is 0 Å². The van der Waals surface area contributed by atoms with Crippen LogP contribution >= 0.6 is 0 Å². The standard InChI is InChI=1S/C13H26N2O2/c1-10-6-15(7-11(2)17-10)13(8-14,9-16-3)12-4-5-12/h10-12H,4-9,14H2,1-3H3. The summed E-state index contributed by atoms with van der Waals surface area (Å²) in [6.07, 6.45) is 3.17. The summed E-state index contributed by atoms with van der Waals surface area (Å²) in [5.74, 6) is 0.713. The number of hydrogen-bond donors (Lipinski definition) is 1. The molecular formula is C13H26N2O2. The molecule has 1 aliphatic heterocycles. The fourth-order valence-corrected chi connectivity index (χ4v) is 3.23. The first kappa shape index (κ1) is 13.3. The SMILES string of the molecule is COCC(CN)(C1CC1)N1CC(C)OC(C)C1. The van der Waals surface area contributed by atoms with Crippen molar-refractivity contribution >= 4 is 0 Å². The van der Waals surface area contributed by atoms with Crippen LogP contribution in [0.15, 0.2) is 0 Å². The molecule has 0 aromatic rings. The van der Waals surface area contributed by atoms with Gasteiger partial charge >= 0.3 is 0 Å². The van der Waals surface area contributed by atoms with Gasteiger partial charge in [-0.1, -0.05) is 0 Å². The van der Waals surface area contributed by atoms with Crippen molar-refractivity contribution in [1.82, 2.24) is 4.90 Å². The molecule has 1 saturated carbocycles. The van der Waals surface area contributed by atoms with Crippen LogP contribution in [-0.2, 0) is 9.47 Å². The maximum absolute atomic E-state index is 6.09. The van der Waals surface area contributed by atoms with E-state index in [2.05, 4.69) is 18.7 Å². The fraction of sp³-hybridized carbons (Fsp3) is 1.00. The minimum absolute atomic E-state index is 0.0427. The number of morpholine rings is 1. The second-order valence-electron chi connectivity index (χ2n) is 5.68. The van der Waals surface area contributed by atoms with Gasteiger partial charge in [0, 0.05) is 26.7 Å². The average Bonchev–Trinajstić information content (AvgIpc) is 3.08. The lowest BCUT2D eigenvalue weighted by atomic mass is 9.90. The highest BCUT2D eigenvalue weighted by atomic mass is 16.5. The molecule has 100 valence electrons. The topological polar surface area (TPSA) is 47.7 Å². The van der Waals surface area contributed by atoms with Gasteiger partial charge in [-0.25, -0.2) is 0 Å². The van der Waals surface area contributed by atoms with E-state index in [4.69, 9.17) is 15.2 Å². The van der Waals surface area contributed by atoms with Crippen molar-refractivity contribution in [2.45, 2.75) is 44.4 Å². The third-order valence-electron chi connectivity index (χ3n) is 4.13. The van der Waals surface area contributed by atoms with Gasteiger partial charge in [0.15, 0.2) is 0 Å². The number of methoxy groups -OCH3 is 1. The van der Waals surface area contributed by atoms with E-state index >= 15 is 0 Å². The third kappa shape index (κ3) is 2.65. The highest BCUT2D eigenvalue weighted by molar-refractivity contribution is 5.05. The van der Waals surface area contributed by atoms with Crippen LogP contribution in [0.2, 0.25) is 0 Å². The Morgan fingerprint density at radius 3 is 2.29 bits per heavy atom. The normalized spacial score (nSPS) is 34.6. The summed E-state index contributed by atoms with van der Waals surface area (Å²) >= 11 is 0. The zero-order valence-corrected chi connectivity index (χ0v) is 11.3. The quantitative estimate of drug-likeness (QED) is 0.776. The van der Waals surface area contributed by atoms with E-state index in [9.17, 15) is 0 Å². The molecular weight excluding hydrogens is 216 g/mol. The van der Waals surface area contributed by atoms with Crippen molar-refractivity contribution in [3.05, 3.63) is 0 Å². The molecule has 0 aromatic heterocycles. The molecule has 0 aromatic carbocycles. The molecule has 1 saturated heterocycles. The van der Waals surface area contributed by atoms with E-state index in [1.165, 1.54) is 12.8 Å². The first-order valence-electron chi connectivity index (χ1n) is 6.72. The maximum atomic E-state index is 6.09. The predicted molar refractivity (Wildman–Crippen MR) is 68.0 cm³/mol. The number of rotatable bonds is 5. The molecule has 0 amide bonds. The van der Waals surface area contributed by atoms with Crippen LogP contribution in [0, 0.1) is 5.92 Å². The van der Waals surface area contributed by atoms with Gasteiger partial charge in [-0.2, -0.15) is 0 Å². The molecule has 1 heterocycles. The number of ether oxygens (including phenoxy) is 2. The Hall–Kier alpha value is -0.160. The lowest BCUT2D eigenvalue weighted by molar-refractivity contribution is -0.118. The van der Waals surface area contributed by atoms with E-state index in [0.717, 1.165) is 19.7 Å². The third-order valence-corrected chi connectivity index (χ3v) is 4.13. The maximum Gasteiger partial charge on any atom is 0.0678 e. The summed E-state index contributed by atoms with van der Waals surface area (Å²) in [7, 11) is 1.78. The molecule has 4 heteroatoms. The predicted octanol–water partition coefficient (Wildman–Crippen LogP) is 0.850. The van der Waals surface area contributed by atoms with E-state index in [1.807, 2.05) is 0 Å². The first-order valence-corrected chi connectivity index (χ1v) is 6.72. The molecule has 17 heavy (non-hydrogen) atoms. The van der Waals surface area contributed by atoms with E-state index in [1.54, 1.807) is 7.11 Å². The minimum atomic E-state index is 0.0427. The summed E-state index contributed by atoms with van der Waals surface area (Å²) in [5.41, 5.74) is 6.14. The van der Waals surface area contributed by atoms with Gasteiger partial charge < -0.3 is 15.2 Å². The lowest BCUT2D eigenvalue weighted by Crippen LogP contribution is -2.64. The smallest absolute Gasteiger partial charge is 0.0678 e. The van der Waals surface area contributed by atoms with Crippen molar-refractivity contribution in [2.24, 2.45) is 11.7 Å². The minimum Gasteiger partial charge on any atom is -0.383 e. The van der Waals surface area contributed by atoms with Gasteiger partial charge in [0.25, 0.3) is 0 Å². The Kier molecular flexibility index (Phi) is 4.08. The summed E-state index contributed by atoms with van der Waals surface area (Å²) in [5, 5.41) is 0. The average molecular weight is 242 g/mol. The zero-order valence-electron chi connectivity index (χ0n) is 11.3. The largest absolute Gasteiger partial charge is 0.383 e. The second-order valence-corrected chi connectivity index (χ2v) is 5.68. The molecule has 0 spiro atoms.